The van der Waals surface area contributed by atoms with Crippen LogP contribution in [0.3, 0.4) is 0 Å². The Kier molecular flexibility index (Phi) is 2.87. The number of hydrogen-bond donors (Lipinski definition) is 2. The van der Waals surface area contributed by atoms with Crippen LogP contribution in [0, 0.1) is 6.92 Å². The van der Waals surface area contributed by atoms with Crippen molar-refractivity contribution < 1.29 is 4.79 Å². The van der Waals surface area contributed by atoms with Crippen molar-refractivity contribution in [2.75, 3.05) is 5.32 Å². The van der Waals surface area contributed by atoms with Gasteiger partial charge in [0.2, 0.25) is 0 Å². The van der Waals surface area contributed by atoms with Crippen LogP contribution in [0.4, 0.5) is 5.13 Å². The molecule has 0 atom stereocenters. The van der Waals surface area contributed by atoms with E-state index >= 15 is 0 Å². The minimum absolute atomic E-state index is 0.163. The van der Waals surface area contributed by atoms with Crippen molar-refractivity contribution in [1.82, 2.24) is 15.2 Å². The second-order valence-electron chi connectivity index (χ2n) is 4.48. The molecule has 0 saturated carbocycles. The Morgan fingerprint density at radius 1 is 1.44 bits per heavy atom. The molecule has 1 aliphatic rings. The molecule has 0 saturated heterocycles. The molecule has 2 aromatic heterocycles. The highest BCUT2D eigenvalue weighted by atomic mass is 32.1. The van der Waals surface area contributed by atoms with Crippen LogP contribution in [0.15, 0.2) is 5.38 Å². The Morgan fingerprint density at radius 3 is 3.06 bits per heavy atom. The maximum Gasteiger partial charge on any atom is 0.278 e. The largest absolute Gasteiger partial charge is 0.296 e. The van der Waals surface area contributed by atoms with Gasteiger partial charge in [-0.3, -0.25) is 15.2 Å². The van der Waals surface area contributed by atoms with E-state index in [-0.39, 0.29) is 5.91 Å². The van der Waals surface area contributed by atoms with Crippen molar-refractivity contribution >= 4 is 22.4 Å². The summed E-state index contributed by atoms with van der Waals surface area (Å²) in [5.74, 6) is -0.163. The first-order valence-corrected chi connectivity index (χ1v) is 6.91. The average molecular weight is 262 g/mol. The molecule has 0 radical (unpaired) electrons. The molecular weight excluding hydrogens is 248 g/mol. The predicted molar refractivity (Wildman–Crippen MR) is 70.0 cm³/mol. The molecule has 1 amide bonds. The van der Waals surface area contributed by atoms with Crippen LogP contribution < -0.4 is 5.32 Å². The first-order chi connectivity index (χ1) is 8.74. The number of thiazole rings is 1. The van der Waals surface area contributed by atoms with E-state index in [2.05, 4.69) is 20.5 Å². The molecule has 0 aliphatic heterocycles. The first-order valence-electron chi connectivity index (χ1n) is 6.03. The van der Waals surface area contributed by atoms with Crippen molar-refractivity contribution in [2.24, 2.45) is 0 Å². The van der Waals surface area contributed by atoms with Crippen molar-refractivity contribution in [3.8, 4) is 0 Å². The summed E-state index contributed by atoms with van der Waals surface area (Å²) in [5.41, 5.74) is 3.63. The molecule has 18 heavy (non-hydrogen) atoms. The van der Waals surface area contributed by atoms with Gasteiger partial charge >= 0.3 is 0 Å². The van der Waals surface area contributed by atoms with Gasteiger partial charge < -0.3 is 0 Å². The zero-order valence-corrected chi connectivity index (χ0v) is 10.9. The molecule has 0 fully saturated rings. The lowest BCUT2D eigenvalue weighted by atomic mass is 9.96. The van der Waals surface area contributed by atoms with Crippen LogP contribution in [0.25, 0.3) is 0 Å². The number of carbonyl (C=O) groups is 1. The molecule has 5 nitrogen and oxygen atoms in total. The fourth-order valence-electron chi connectivity index (χ4n) is 2.24. The number of anilines is 1. The summed E-state index contributed by atoms with van der Waals surface area (Å²) >= 11 is 1.43. The lowest BCUT2D eigenvalue weighted by Crippen LogP contribution is -2.15. The van der Waals surface area contributed by atoms with Crippen LogP contribution in [0.5, 0.6) is 0 Å². The van der Waals surface area contributed by atoms with Gasteiger partial charge in [0.05, 0.1) is 5.69 Å². The summed E-state index contributed by atoms with van der Waals surface area (Å²) in [4.78, 5) is 16.4. The van der Waals surface area contributed by atoms with Gasteiger partial charge in [-0.25, -0.2) is 4.98 Å². The van der Waals surface area contributed by atoms with E-state index in [0.29, 0.717) is 10.8 Å². The van der Waals surface area contributed by atoms with E-state index < -0.39 is 0 Å². The van der Waals surface area contributed by atoms with Crippen molar-refractivity contribution in [2.45, 2.75) is 32.6 Å². The summed E-state index contributed by atoms with van der Waals surface area (Å²) in [5, 5.41) is 12.5. The summed E-state index contributed by atoms with van der Waals surface area (Å²) < 4.78 is 0. The number of aromatic nitrogens is 3. The standard InChI is InChI=1S/C12H14N4OS/c1-7-6-18-12(13-7)14-11(17)10-8-4-2-3-5-9(8)15-16-10/h6H,2-5H2,1H3,(H,15,16)(H,13,14,17). The van der Waals surface area contributed by atoms with E-state index in [9.17, 15) is 4.79 Å². The normalized spacial score (nSPS) is 14.3. The third-order valence-corrected chi connectivity index (χ3v) is 3.99. The number of carbonyl (C=O) groups excluding carboxylic acids is 1. The van der Waals surface area contributed by atoms with E-state index in [1.165, 1.54) is 17.8 Å². The van der Waals surface area contributed by atoms with E-state index in [1.54, 1.807) is 0 Å². The zero-order chi connectivity index (χ0) is 12.5. The molecule has 2 heterocycles. The SMILES string of the molecule is Cc1csc(NC(=O)c2n[nH]c3c2CCCC3)n1. The summed E-state index contributed by atoms with van der Waals surface area (Å²) in [6.07, 6.45) is 4.22. The maximum absolute atomic E-state index is 12.1. The van der Waals surface area contributed by atoms with Crippen molar-refractivity contribution in [3.63, 3.8) is 0 Å². The summed E-state index contributed by atoms with van der Waals surface area (Å²) in [6, 6.07) is 0. The summed E-state index contributed by atoms with van der Waals surface area (Å²) in [6.45, 7) is 1.91. The number of aryl methyl sites for hydroxylation is 2. The molecule has 1 aliphatic carbocycles. The Bertz CT molecular complexity index is 587. The number of nitrogens with zero attached hydrogens (tertiary/aromatic N) is 2. The van der Waals surface area contributed by atoms with Gasteiger partial charge in [0, 0.05) is 16.6 Å². The quantitative estimate of drug-likeness (QED) is 0.872. The van der Waals surface area contributed by atoms with Gasteiger partial charge in [-0.2, -0.15) is 5.10 Å². The highest BCUT2D eigenvalue weighted by Gasteiger charge is 2.22. The van der Waals surface area contributed by atoms with Gasteiger partial charge in [0.1, 0.15) is 0 Å². The van der Waals surface area contributed by atoms with E-state index in [1.807, 2.05) is 12.3 Å². The Balaban J connectivity index is 1.82. The predicted octanol–water partition coefficient (Wildman–Crippen LogP) is 2.31. The third kappa shape index (κ3) is 2.03. The van der Waals surface area contributed by atoms with Crippen LogP contribution >= 0.6 is 11.3 Å². The second kappa shape index (κ2) is 4.53. The molecule has 0 bridgehead atoms. The van der Waals surface area contributed by atoms with Gasteiger partial charge in [-0.15, -0.1) is 11.3 Å². The minimum atomic E-state index is -0.163. The highest BCUT2D eigenvalue weighted by molar-refractivity contribution is 7.13. The third-order valence-electron chi connectivity index (χ3n) is 3.11. The Morgan fingerprint density at radius 2 is 2.28 bits per heavy atom. The van der Waals surface area contributed by atoms with Crippen LogP contribution in [0.1, 0.15) is 40.3 Å². The van der Waals surface area contributed by atoms with Crippen LogP contribution in [-0.4, -0.2) is 21.1 Å². The lowest BCUT2D eigenvalue weighted by molar-refractivity contribution is 0.102. The molecule has 0 unspecified atom stereocenters. The zero-order valence-electron chi connectivity index (χ0n) is 10.1. The number of fused-ring (bicyclic) bond motifs is 1. The fraction of sp³-hybridized carbons (Fsp3) is 0.417. The molecule has 0 aromatic carbocycles. The number of rotatable bonds is 2. The molecule has 2 aromatic rings. The Labute approximate surface area is 109 Å². The fourth-order valence-corrected chi connectivity index (χ4v) is 2.92. The number of aromatic amines is 1. The first kappa shape index (κ1) is 11.4. The maximum atomic E-state index is 12.1. The van der Waals surface area contributed by atoms with Gasteiger partial charge in [0.15, 0.2) is 10.8 Å². The van der Waals surface area contributed by atoms with Crippen molar-refractivity contribution in [1.29, 1.82) is 0 Å². The Hall–Kier alpha value is -1.69. The van der Waals surface area contributed by atoms with Crippen molar-refractivity contribution in [3.05, 3.63) is 28.0 Å². The highest BCUT2D eigenvalue weighted by Crippen LogP contribution is 2.23. The molecular formula is C12H14N4OS. The topological polar surface area (TPSA) is 70.7 Å². The number of hydrogen-bond acceptors (Lipinski definition) is 4. The number of nitrogens with one attached hydrogen (secondary N) is 2. The monoisotopic (exact) mass is 262 g/mol. The van der Waals surface area contributed by atoms with Gasteiger partial charge in [-0.05, 0) is 32.6 Å². The molecule has 0 spiro atoms. The summed E-state index contributed by atoms with van der Waals surface area (Å²) in [7, 11) is 0. The molecule has 6 heteroatoms. The van der Waals surface area contributed by atoms with E-state index in [0.717, 1.165) is 36.2 Å². The molecule has 94 valence electrons. The second-order valence-corrected chi connectivity index (χ2v) is 5.34. The van der Waals surface area contributed by atoms with Gasteiger partial charge in [-0.1, -0.05) is 0 Å². The lowest BCUT2D eigenvalue weighted by Gasteiger charge is -2.10. The number of H-pyrrole nitrogens is 1. The van der Waals surface area contributed by atoms with Gasteiger partial charge in [0.25, 0.3) is 5.91 Å². The molecule has 3 rings (SSSR count). The average Bonchev–Trinajstić information content (AvgIpc) is 2.95. The van der Waals surface area contributed by atoms with Crippen LogP contribution in [0.2, 0.25) is 0 Å². The number of amides is 1. The molecule has 2 N–H and O–H groups in total. The minimum Gasteiger partial charge on any atom is -0.296 e. The van der Waals surface area contributed by atoms with E-state index in [4.69, 9.17) is 0 Å². The smallest absolute Gasteiger partial charge is 0.278 e. The van der Waals surface area contributed by atoms with Crippen LogP contribution in [-0.2, 0) is 12.8 Å².